The summed E-state index contributed by atoms with van der Waals surface area (Å²) in [6.45, 7) is 0. The van der Waals surface area contributed by atoms with Crippen molar-refractivity contribution in [3.8, 4) is 0 Å². The van der Waals surface area contributed by atoms with Gasteiger partial charge in [0.05, 0.1) is 15.7 Å². The normalized spacial score (nSPS) is 10.1. The van der Waals surface area contributed by atoms with Gasteiger partial charge in [-0.05, 0) is 23.8 Å². The SMILES string of the molecule is O=[C]Cc1ccccc1Nc1c(Cl)cccc1Cl. The Morgan fingerprint density at radius 2 is 1.67 bits per heavy atom. The fraction of sp³-hybridized carbons (Fsp3) is 0.0714. The van der Waals surface area contributed by atoms with Gasteiger partial charge >= 0.3 is 0 Å². The van der Waals surface area contributed by atoms with Crippen LogP contribution in [0.25, 0.3) is 0 Å². The molecule has 0 aliphatic heterocycles. The number of carbonyl (C=O) groups excluding carboxylic acids is 1. The van der Waals surface area contributed by atoms with Crippen molar-refractivity contribution >= 4 is 40.9 Å². The third-order valence-corrected chi connectivity index (χ3v) is 3.13. The van der Waals surface area contributed by atoms with E-state index < -0.39 is 0 Å². The van der Waals surface area contributed by atoms with Crippen molar-refractivity contribution in [3.63, 3.8) is 0 Å². The first-order chi connectivity index (χ1) is 8.72. The molecule has 0 saturated heterocycles. The Morgan fingerprint density at radius 3 is 2.33 bits per heavy atom. The molecule has 1 N–H and O–H groups in total. The second-order valence-corrected chi connectivity index (χ2v) is 4.51. The van der Waals surface area contributed by atoms with Gasteiger partial charge in [0, 0.05) is 12.1 Å². The maximum Gasteiger partial charge on any atom is 0.203 e. The number of para-hydroxylation sites is 2. The van der Waals surface area contributed by atoms with E-state index in [0.29, 0.717) is 15.7 Å². The number of halogens is 2. The van der Waals surface area contributed by atoms with E-state index in [1.165, 1.54) is 0 Å². The number of benzene rings is 2. The average molecular weight is 279 g/mol. The summed E-state index contributed by atoms with van der Waals surface area (Å²) in [7, 11) is 0. The van der Waals surface area contributed by atoms with E-state index in [2.05, 4.69) is 5.32 Å². The van der Waals surface area contributed by atoms with Crippen molar-refractivity contribution in [1.82, 2.24) is 0 Å². The van der Waals surface area contributed by atoms with Crippen LogP contribution >= 0.6 is 23.2 Å². The maximum absolute atomic E-state index is 10.5. The van der Waals surface area contributed by atoms with Crippen LogP contribution in [0.2, 0.25) is 10.0 Å². The van der Waals surface area contributed by atoms with Crippen LogP contribution in [0.3, 0.4) is 0 Å². The molecule has 0 aromatic heterocycles. The first-order valence-corrected chi connectivity index (χ1v) is 6.12. The molecule has 0 aliphatic rings. The first kappa shape index (κ1) is 12.9. The largest absolute Gasteiger partial charge is 0.353 e. The molecule has 0 spiro atoms. The van der Waals surface area contributed by atoms with Gasteiger partial charge in [-0.1, -0.05) is 47.5 Å². The molecule has 4 heteroatoms. The fourth-order valence-corrected chi connectivity index (χ4v) is 2.12. The standard InChI is InChI=1S/C14H10Cl2NO/c15-11-5-3-6-12(16)14(11)17-13-7-2-1-4-10(13)8-9-18/h1-7,17H,8H2. The van der Waals surface area contributed by atoms with Gasteiger partial charge in [-0.15, -0.1) is 0 Å². The van der Waals surface area contributed by atoms with Crippen molar-refractivity contribution in [2.75, 3.05) is 5.32 Å². The third kappa shape index (κ3) is 2.84. The molecule has 2 aromatic rings. The van der Waals surface area contributed by atoms with E-state index in [-0.39, 0.29) is 6.42 Å². The lowest BCUT2D eigenvalue weighted by Gasteiger charge is -2.13. The fourth-order valence-electron chi connectivity index (χ4n) is 1.63. The van der Waals surface area contributed by atoms with Crippen LogP contribution in [0.1, 0.15) is 5.56 Å². The summed E-state index contributed by atoms with van der Waals surface area (Å²) in [4.78, 5) is 10.5. The molecule has 0 amide bonds. The predicted octanol–water partition coefficient (Wildman–Crippen LogP) is 4.39. The van der Waals surface area contributed by atoms with Crippen molar-refractivity contribution in [2.24, 2.45) is 0 Å². The lowest BCUT2D eigenvalue weighted by Crippen LogP contribution is -1.97. The minimum Gasteiger partial charge on any atom is -0.353 e. The van der Waals surface area contributed by atoms with Gasteiger partial charge in [0.1, 0.15) is 0 Å². The van der Waals surface area contributed by atoms with E-state index in [4.69, 9.17) is 23.2 Å². The topological polar surface area (TPSA) is 29.1 Å². The number of rotatable bonds is 4. The molecule has 91 valence electrons. The zero-order valence-electron chi connectivity index (χ0n) is 9.41. The molecule has 2 nitrogen and oxygen atoms in total. The molecule has 1 radical (unpaired) electrons. The molecular weight excluding hydrogens is 269 g/mol. The van der Waals surface area contributed by atoms with Crippen molar-refractivity contribution in [1.29, 1.82) is 0 Å². The lowest BCUT2D eigenvalue weighted by molar-refractivity contribution is 0.555. The Kier molecular flexibility index (Phi) is 4.24. The molecule has 0 saturated carbocycles. The highest BCUT2D eigenvalue weighted by atomic mass is 35.5. The van der Waals surface area contributed by atoms with E-state index in [9.17, 15) is 4.79 Å². The molecule has 18 heavy (non-hydrogen) atoms. The third-order valence-electron chi connectivity index (χ3n) is 2.50. The molecule has 2 rings (SSSR count). The summed E-state index contributed by atoms with van der Waals surface area (Å²) in [5.74, 6) is 0. The van der Waals surface area contributed by atoms with Gasteiger partial charge in [-0.3, -0.25) is 4.79 Å². The second kappa shape index (κ2) is 5.89. The van der Waals surface area contributed by atoms with Crippen LogP contribution in [0.15, 0.2) is 42.5 Å². The van der Waals surface area contributed by atoms with Crippen molar-refractivity contribution < 1.29 is 4.79 Å². The minimum atomic E-state index is 0.227. The maximum atomic E-state index is 10.5. The Hall–Kier alpha value is -1.51. The van der Waals surface area contributed by atoms with Gasteiger partial charge in [0.2, 0.25) is 6.29 Å². The van der Waals surface area contributed by atoms with E-state index in [1.54, 1.807) is 18.2 Å². The van der Waals surface area contributed by atoms with E-state index >= 15 is 0 Å². The Morgan fingerprint density at radius 1 is 1.00 bits per heavy atom. The summed E-state index contributed by atoms with van der Waals surface area (Å²) in [5, 5.41) is 4.22. The zero-order valence-corrected chi connectivity index (χ0v) is 10.9. The van der Waals surface area contributed by atoms with Gasteiger partial charge in [0.25, 0.3) is 0 Å². The molecule has 0 atom stereocenters. The van der Waals surface area contributed by atoms with Crippen LogP contribution in [0.4, 0.5) is 11.4 Å². The quantitative estimate of drug-likeness (QED) is 0.899. The first-order valence-electron chi connectivity index (χ1n) is 5.36. The van der Waals surface area contributed by atoms with Gasteiger partial charge in [-0.25, -0.2) is 0 Å². The highest BCUT2D eigenvalue weighted by Gasteiger charge is 2.08. The minimum absolute atomic E-state index is 0.227. The summed E-state index contributed by atoms with van der Waals surface area (Å²) >= 11 is 12.2. The van der Waals surface area contributed by atoms with E-state index in [0.717, 1.165) is 11.3 Å². The van der Waals surface area contributed by atoms with Gasteiger partial charge < -0.3 is 5.32 Å². The lowest BCUT2D eigenvalue weighted by atomic mass is 10.1. The summed E-state index contributed by atoms with van der Waals surface area (Å²) < 4.78 is 0. The number of anilines is 2. The highest BCUT2D eigenvalue weighted by molar-refractivity contribution is 6.39. The highest BCUT2D eigenvalue weighted by Crippen LogP contribution is 2.33. The van der Waals surface area contributed by atoms with E-state index in [1.807, 2.05) is 30.6 Å². The Bertz CT molecular complexity index is 549. The van der Waals surface area contributed by atoms with Crippen LogP contribution in [-0.2, 0) is 11.2 Å². The van der Waals surface area contributed by atoms with Crippen LogP contribution in [0.5, 0.6) is 0 Å². The zero-order chi connectivity index (χ0) is 13.0. The van der Waals surface area contributed by atoms with Gasteiger partial charge in [-0.2, -0.15) is 0 Å². The summed E-state index contributed by atoms with van der Waals surface area (Å²) in [6.07, 6.45) is 2.11. The molecule has 0 aliphatic carbocycles. The second-order valence-electron chi connectivity index (χ2n) is 3.70. The Balaban J connectivity index is 2.37. The molecule has 0 bridgehead atoms. The van der Waals surface area contributed by atoms with Crippen molar-refractivity contribution in [2.45, 2.75) is 6.42 Å². The number of nitrogens with one attached hydrogen (secondary N) is 1. The summed E-state index contributed by atoms with van der Waals surface area (Å²) in [5.41, 5.74) is 2.29. The molecule has 2 aromatic carbocycles. The molecular formula is C14H10Cl2NO. The van der Waals surface area contributed by atoms with Crippen LogP contribution < -0.4 is 5.32 Å². The molecule has 0 fully saturated rings. The van der Waals surface area contributed by atoms with Gasteiger partial charge in [0.15, 0.2) is 0 Å². The monoisotopic (exact) mass is 278 g/mol. The van der Waals surface area contributed by atoms with Crippen LogP contribution in [0, 0.1) is 0 Å². The Labute approximate surface area is 116 Å². The number of hydrogen-bond acceptors (Lipinski definition) is 2. The molecule has 0 heterocycles. The van der Waals surface area contributed by atoms with Crippen LogP contribution in [-0.4, -0.2) is 6.29 Å². The smallest absolute Gasteiger partial charge is 0.203 e. The number of hydrogen-bond donors (Lipinski definition) is 1. The average Bonchev–Trinajstić information content (AvgIpc) is 2.36. The predicted molar refractivity (Wildman–Crippen MR) is 75.6 cm³/mol. The van der Waals surface area contributed by atoms with Crippen molar-refractivity contribution in [3.05, 3.63) is 58.1 Å². The summed E-state index contributed by atoms with van der Waals surface area (Å²) in [6, 6.07) is 12.8. The molecule has 0 unspecified atom stereocenters.